The molecule has 6 nitrogen and oxygen atoms in total. The van der Waals surface area contributed by atoms with E-state index in [2.05, 4.69) is 59.0 Å². The van der Waals surface area contributed by atoms with Crippen LogP contribution in [0.1, 0.15) is 11.1 Å². The van der Waals surface area contributed by atoms with Gasteiger partial charge in [-0.15, -0.1) is 0 Å². The summed E-state index contributed by atoms with van der Waals surface area (Å²) in [6.45, 7) is 0. The van der Waals surface area contributed by atoms with Crippen LogP contribution >= 0.6 is 38.5 Å². The highest BCUT2D eigenvalue weighted by molar-refractivity contribution is 14.1. The van der Waals surface area contributed by atoms with Crippen LogP contribution in [0.4, 0.5) is 10.3 Å². The van der Waals surface area contributed by atoms with Crippen LogP contribution in [0.3, 0.4) is 0 Å². The summed E-state index contributed by atoms with van der Waals surface area (Å²) >= 11 is 5.18. The first kappa shape index (κ1) is 19.2. The zero-order valence-corrected chi connectivity index (χ0v) is 17.2. The summed E-state index contributed by atoms with van der Waals surface area (Å²) in [5, 5.41) is 13.3. The Kier molecular flexibility index (Phi) is 5.98. The third-order valence-electron chi connectivity index (χ3n) is 3.49. The molecule has 1 heterocycles. The van der Waals surface area contributed by atoms with Crippen LogP contribution < -0.4 is 11.0 Å². The molecular formula is C18H10BrFIN5O. The van der Waals surface area contributed by atoms with Gasteiger partial charge >= 0.3 is 0 Å². The smallest absolute Gasteiger partial charge is 0.270 e. The average molecular weight is 538 g/mol. The maximum absolute atomic E-state index is 13.7. The number of anilines is 1. The van der Waals surface area contributed by atoms with Gasteiger partial charge in [0, 0.05) is 14.7 Å². The Balaban J connectivity index is 1.93. The number of aromatic nitrogens is 2. The number of hydrogen-bond donors (Lipinski definition) is 2. The van der Waals surface area contributed by atoms with Crippen molar-refractivity contribution in [1.82, 2.24) is 9.97 Å². The SMILES string of the molecule is N#Cc1c(-c2ccccc2)nc(NN=Cc2cc(F)c(Br)cc2I)[nH]c1=O. The normalized spacial score (nSPS) is 10.7. The fourth-order valence-electron chi connectivity index (χ4n) is 2.23. The highest BCUT2D eigenvalue weighted by Gasteiger charge is 2.13. The number of aromatic amines is 1. The Morgan fingerprint density at radius 3 is 2.78 bits per heavy atom. The summed E-state index contributed by atoms with van der Waals surface area (Å²) in [4.78, 5) is 18.9. The number of hydrogen-bond acceptors (Lipinski definition) is 5. The number of rotatable bonds is 4. The third kappa shape index (κ3) is 4.40. The van der Waals surface area contributed by atoms with E-state index in [0.29, 0.717) is 15.6 Å². The molecular weight excluding hydrogens is 528 g/mol. The minimum Gasteiger partial charge on any atom is -0.290 e. The van der Waals surface area contributed by atoms with Gasteiger partial charge < -0.3 is 0 Å². The molecule has 9 heteroatoms. The van der Waals surface area contributed by atoms with E-state index in [1.165, 1.54) is 12.3 Å². The minimum absolute atomic E-state index is 0.0710. The Bertz CT molecular complexity index is 1130. The van der Waals surface area contributed by atoms with Gasteiger partial charge in [0.2, 0.25) is 5.95 Å². The second-order valence-electron chi connectivity index (χ2n) is 5.27. The van der Waals surface area contributed by atoms with E-state index in [4.69, 9.17) is 0 Å². The monoisotopic (exact) mass is 537 g/mol. The molecule has 0 bridgehead atoms. The molecule has 0 aliphatic carbocycles. The van der Waals surface area contributed by atoms with Gasteiger partial charge in [0.15, 0.2) is 0 Å². The quantitative estimate of drug-likeness (QED) is 0.225. The Morgan fingerprint density at radius 1 is 1.33 bits per heavy atom. The molecule has 0 saturated heterocycles. The van der Waals surface area contributed by atoms with Crippen LogP contribution in [-0.2, 0) is 0 Å². The second kappa shape index (κ2) is 8.41. The van der Waals surface area contributed by atoms with E-state index >= 15 is 0 Å². The fraction of sp³-hybridized carbons (Fsp3) is 0. The van der Waals surface area contributed by atoms with Gasteiger partial charge in [-0.2, -0.15) is 10.4 Å². The van der Waals surface area contributed by atoms with Crippen molar-refractivity contribution >= 4 is 50.7 Å². The molecule has 0 fully saturated rings. The summed E-state index contributed by atoms with van der Waals surface area (Å²) in [6.07, 6.45) is 1.41. The van der Waals surface area contributed by atoms with E-state index in [-0.39, 0.29) is 17.2 Å². The maximum Gasteiger partial charge on any atom is 0.270 e. The van der Waals surface area contributed by atoms with E-state index in [1.54, 1.807) is 30.3 Å². The number of halogens is 3. The Morgan fingerprint density at radius 2 is 2.07 bits per heavy atom. The standard InChI is InChI=1S/C18H10BrFIN5O/c19-13-7-15(21)11(6-14(13)20)9-23-26-18-24-16(10-4-2-1-3-5-10)12(8-22)17(27)25-18/h1-7,9H,(H2,24,25,26,27). The molecule has 0 unspecified atom stereocenters. The summed E-state index contributed by atoms with van der Waals surface area (Å²) < 4.78 is 14.8. The van der Waals surface area contributed by atoms with Crippen molar-refractivity contribution in [2.24, 2.45) is 5.10 Å². The molecule has 0 radical (unpaired) electrons. The van der Waals surface area contributed by atoms with Gasteiger partial charge in [-0.25, -0.2) is 14.8 Å². The topological polar surface area (TPSA) is 93.9 Å². The van der Waals surface area contributed by atoms with Crippen molar-refractivity contribution in [1.29, 1.82) is 5.26 Å². The Hall–Kier alpha value is -2.58. The number of hydrazone groups is 1. The molecule has 2 N–H and O–H groups in total. The van der Waals surface area contributed by atoms with Crippen LogP contribution in [0, 0.1) is 20.7 Å². The lowest BCUT2D eigenvalue weighted by atomic mass is 10.1. The number of nitrogens with zero attached hydrogens (tertiary/aromatic N) is 3. The van der Waals surface area contributed by atoms with E-state index in [0.717, 1.165) is 3.57 Å². The number of nitriles is 1. The van der Waals surface area contributed by atoms with Crippen LogP contribution in [0.15, 0.2) is 56.8 Å². The maximum atomic E-state index is 13.7. The van der Waals surface area contributed by atoms with Crippen molar-refractivity contribution in [3.63, 3.8) is 0 Å². The van der Waals surface area contributed by atoms with Crippen molar-refractivity contribution in [3.8, 4) is 17.3 Å². The van der Waals surface area contributed by atoms with Crippen LogP contribution in [-0.4, -0.2) is 16.2 Å². The minimum atomic E-state index is -0.576. The number of benzene rings is 2. The van der Waals surface area contributed by atoms with E-state index < -0.39 is 11.4 Å². The zero-order chi connectivity index (χ0) is 19.4. The first-order valence-corrected chi connectivity index (χ1v) is 9.40. The Labute approximate surface area is 175 Å². The van der Waals surface area contributed by atoms with E-state index in [1.807, 2.05) is 12.1 Å². The lowest BCUT2D eigenvalue weighted by molar-refractivity contribution is 0.620. The first-order chi connectivity index (χ1) is 13.0. The fourth-order valence-corrected chi connectivity index (χ4v) is 3.61. The molecule has 0 aliphatic heterocycles. The van der Waals surface area contributed by atoms with Gasteiger partial charge in [-0.05, 0) is 50.7 Å². The molecule has 0 spiro atoms. The van der Waals surface area contributed by atoms with Crippen molar-refractivity contribution in [3.05, 3.63) is 77.8 Å². The molecule has 0 aliphatic rings. The van der Waals surface area contributed by atoms with Gasteiger partial charge in [0.25, 0.3) is 5.56 Å². The highest BCUT2D eigenvalue weighted by Crippen LogP contribution is 2.22. The summed E-state index contributed by atoms with van der Waals surface area (Å²) in [7, 11) is 0. The lowest BCUT2D eigenvalue weighted by Gasteiger charge is -2.06. The molecule has 1 aromatic heterocycles. The summed E-state index contributed by atoms with van der Waals surface area (Å²) in [5.74, 6) is -0.338. The second-order valence-corrected chi connectivity index (χ2v) is 7.29. The zero-order valence-electron chi connectivity index (χ0n) is 13.5. The summed E-state index contributed by atoms with van der Waals surface area (Å²) in [6, 6.07) is 13.7. The molecule has 3 rings (SSSR count). The predicted molar refractivity (Wildman–Crippen MR) is 113 cm³/mol. The van der Waals surface area contributed by atoms with Gasteiger partial charge in [0.1, 0.15) is 17.4 Å². The van der Waals surface area contributed by atoms with Gasteiger partial charge in [-0.3, -0.25) is 9.78 Å². The van der Waals surface area contributed by atoms with Crippen molar-refractivity contribution in [2.45, 2.75) is 0 Å². The van der Waals surface area contributed by atoms with Crippen LogP contribution in [0.25, 0.3) is 11.3 Å². The van der Waals surface area contributed by atoms with E-state index in [9.17, 15) is 14.4 Å². The molecule has 27 heavy (non-hydrogen) atoms. The largest absolute Gasteiger partial charge is 0.290 e. The van der Waals surface area contributed by atoms with Crippen LogP contribution in [0.5, 0.6) is 0 Å². The van der Waals surface area contributed by atoms with Gasteiger partial charge in [-0.1, -0.05) is 30.3 Å². The first-order valence-electron chi connectivity index (χ1n) is 7.53. The molecule has 134 valence electrons. The molecule has 3 aromatic rings. The lowest BCUT2D eigenvalue weighted by Crippen LogP contribution is -2.16. The highest BCUT2D eigenvalue weighted by atomic mass is 127. The van der Waals surface area contributed by atoms with Crippen molar-refractivity contribution < 1.29 is 4.39 Å². The number of H-pyrrole nitrogens is 1. The molecule has 0 atom stereocenters. The average Bonchev–Trinajstić information content (AvgIpc) is 2.66. The number of nitrogens with one attached hydrogen (secondary N) is 2. The third-order valence-corrected chi connectivity index (χ3v) is 5.03. The molecule has 2 aromatic carbocycles. The van der Waals surface area contributed by atoms with Crippen LogP contribution in [0.2, 0.25) is 0 Å². The van der Waals surface area contributed by atoms with Crippen molar-refractivity contribution in [2.75, 3.05) is 5.43 Å². The molecule has 0 amide bonds. The van der Waals surface area contributed by atoms with Gasteiger partial charge in [0.05, 0.1) is 16.4 Å². The predicted octanol–water partition coefficient (Wildman–Crippen LogP) is 4.26. The summed E-state index contributed by atoms with van der Waals surface area (Å²) in [5.41, 5.74) is 3.40. The molecule has 0 saturated carbocycles.